The Bertz CT molecular complexity index is 1660. The molecule has 3 aliphatic heterocycles. The molecule has 6 rings (SSSR count). The number of ether oxygens (including phenoxy) is 3. The molecule has 0 bridgehead atoms. The highest BCUT2D eigenvalue weighted by Gasteiger charge is 2.50. The summed E-state index contributed by atoms with van der Waals surface area (Å²) in [4.78, 5) is 34.1. The Labute approximate surface area is 266 Å². The molecule has 4 atom stereocenters. The van der Waals surface area contributed by atoms with Crippen LogP contribution in [0.1, 0.15) is 17.7 Å². The van der Waals surface area contributed by atoms with Crippen LogP contribution in [0.2, 0.25) is 5.02 Å². The van der Waals surface area contributed by atoms with Crippen LogP contribution < -0.4 is 15.4 Å². The molecule has 0 aliphatic carbocycles. The molecule has 2 aromatic carbocycles. The Kier molecular flexibility index (Phi) is 8.80. The molecule has 0 saturated carbocycles. The minimum Gasteiger partial charge on any atom is -0.495 e. The van der Waals surface area contributed by atoms with Gasteiger partial charge in [0.2, 0.25) is 0 Å². The zero-order valence-corrected chi connectivity index (χ0v) is 26.3. The Morgan fingerprint density at radius 1 is 1.16 bits per heavy atom. The molecule has 1 aromatic heterocycles. The standard InChI is InChI=1S/C33H36ClN5O6/c1-18-20(7-6-10-24(18)37-30(41)23-16-38(2)32-33(45-32)39(3)31(23)42)22-9-5-8-21(29(22)34)19-13-28(43-4)26(35-14-19)15-36-25-11-12-44-17-27(25)40/h5-10,13-14,16,25,27,32-33,36,40H,11-12,15,17H2,1-4H3,(H,37,41)/t25-,27+,32?,33?/m1/s1. The quantitative estimate of drug-likeness (QED) is 0.252. The third-order valence-electron chi connectivity index (χ3n) is 8.55. The summed E-state index contributed by atoms with van der Waals surface area (Å²) in [6.07, 6.45) is 2.82. The minimum atomic E-state index is -0.568. The first-order valence-electron chi connectivity index (χ1n) is 14.8. The van der Waals surface area contributed by atoms with Gasteiger partial charge in [0, 0.05) is 68.1 Å². The highest BCUT2D eigenvalue weighted by molar-refractivity contribution is 6.36. The van der Waals surface area contributed by atoms with Crippen molar-refractivity contribution < 1.29 is 28.9 Å². The number of benzene rings is 2. The predicted molar refractivity (Wildman–Crippen MR) is 169 cm³/mol. The minimum absolute atomic E-state index is 0.0321. The fraction of sp³-hybridized carbons (Fsp3) is 0.364. The van der Waals surface area contributed by atoms with E-state index in [4.69, 9.17) is 25.8 Å². The number of amides is 2. The summed E-state index contributed by atoms with van der Waals surface area (Å²) in [5, 5.41) is 17.0. The number of anilines is 1. The van der Waals surface area contributed by atoms with Gasteiger partial charge in [-0.3, -0.25) is 14.6 Å². The topological polar surface area (TPSA) is 129 Å². The number of likely N-dealkylation sites (N-methyl/N-ethyl adjacent to an activating group) is 2. The van der Waals surface area contributed by atoms with E-state index in [2.05, 4.69) is 15.6 Å². The van der Waals surface area contributed by atoms with Gasteiger partial charge in [-0.05, 0) is 36.6 Å². The summed E-state index contributed by atoms with van der Waals surface area (Å²) in [5.74, 6) is -0.300. The van der Waals surface area contributed by atoms with Crippen molar-refractivity contribution in [3.63, 3.8) is 0 Å². The summed E-state index contributed by atoms with van der Waals surface area (Å²) in [5.41, 5.74) is 5.28. The largest absolute Gasteiger partial charge is 0.495 e. The van der Waals surface area contributed by atoms with Crippen LogP contribution >= 0.6 is 11.6 Å². The normalized spacial score (nSPS) is 22.8. The molecule has 0 spiro atoms. The van der Waals surface area contributed by atoms with Gasteiger partial charge in [-0.15, -0.1) is 0 Å². The molecule has 2 amide bonds. The van der Waals surface area contributed by atoms with E-state index in [1.165, 1.54) is 11.1 Å². The number of hydrogen-bond acceptors (Lipinski definition) is 9. The average molecular weight is 634 g/mol. The van der Waals surface area contributed by atoms with Crippen molar-refractivity contribution in [2.75, 3.05) is 39.7 Å². The fourth-order valence-corrected chi connectivity index (χ4v) is 6.14. The van der Waals surface area contributed by atoms with Crippen molar-refractivity contribution in [3.8, 4) is 28.0 Å². The van der Waals surface area contributed by atoms with Gasteiger partial charge in [0.1, 0.15) is 11.3 Å². The molecule has 4 heterocycles. The molecule has 0 radical (unpaired) electrons. The number of pyridine rings is 1. The molecular weight excluding hydrogens is 598 g/mol. The molecule has 3 aliphatic rings. The lowest BCUT2D eigenvalue weighted by molar-refractivity contribution is -0.129. The van der Waals surface area contributed by atoms with Crippen molar-refractivity contribution in [1.29, 1.82) is 0 Å². The maximum Gasteiger partial charge on any atom is 0.262 e. The predicted octanol–water partition coefficient (Wildman–Crippen LogP) is 3.53. The number of epoxide rings is 1. The van der Waals surface area contributed by atoms with E-state index in [9.17, 15) is 14.7 Å². The summed E-state index contributed by atoms with van der Waals surface area (Å²) in [7, 11) is 5.00. The maximum atomic E-state index is 13.3. The van der Waals surface area contributed by atoms with E-state index in [0.29, 0.717) is 36.2 Å². The van der Waals surface area contributed by atoms with Crippen molar-refractivity contribution in [2.45, 2.75) is 44.5 Å². The van der Waals surface area contributed by atoms with Crippen LogP contribution in [0.15, 0.2) is 60.4 Å². The van der Waals surface area contributed by atoms with Crippen LogP contribution in [0.5, 0.6) is 5.75 Å². The Balaban J connectivity index is 1.24. The van der Waals surface area contributed by atoms with Gasteiger partial charge in [-0.2, -0.15) is 0 Å². The number of nitrogens with one attached hydrogen (secondary N) is 2. The van der Waals surface area contributed by atoms with Gasteiger partial charge in [0.15, 0.2) is 12.5 Å². The van der Waals surface area contributed by atoms with Gasteiger partial charge in [-0.1, -0.05) is 41.9 Å². The zero-order chi connectivity index (χ0) is 31.8. The van der Waals surface area contributed by atoms with Gasteiger partial charge >= 0.3 is 0 Å². The number of hydrogen-bond donors (Lipinski definition) is 3. The first kappa shape index (κ1) is 31.0. The average Bonchev–Trinajstić information content (AvgIpc) is 3.85. The molecule has 2 unspecified atom stereocenters. The SMILES string of the molecule is COc1cc(-c2cccc(-c3cccc(NC(=O)C4=CN(C)C5OC5N(C)C4=O)c3C)c2Cl)cnc1CN[C@@H]1CCOC[C@@H]1O. The van der Waals surface area contributed by atoms with Crippen LogP contribution in [0, 0.1) is 6.92 Å². The second-order valence-corrected chi connectivity index (χ2v) is 11.8. The van der Waals surface area contributed by atoms with E-state index >= 15 is 0 Å². The third kappa shape index (κ3) is 6.14. The smallest absolute Gasteiger partial charge is 0.262 e. The highest BCUT2D eigenvalue weighted by Crippen LogP contribution is 2.40. The molecular formula is C33H36ClN5O6. The number of rotatable bonds is 8. The second-order valence-electron chi connectivity index (χ2n) is 11.4. The van der Waals surface area contributed by atoms with E-state index in [1.807, 2.05) is 43.3 Å². The van der Waals surface area contributed by atoms with Crippen LogP contribution in [0.3, 0.4) is 0 Å². The summed E-state index contributed by atoms with van der Waals surface area (Å²) in [6, 6.07) is 13.2. The second kappa shape index (κ2) is 12.8. The lowest BCUT2D eigenvalue weighted by atomic mass is 9.95. The first-order valence-corrected chi connectivity index (χ1v) is 15.1. The number of aromatic nitrogens is 1. The Hall–Kier alpha value is -4.00. The summed E-state index contributed by atoms with van der Waals surface area (Å²) >= 11 is 7.05. The Morgan fingerprint density at radius 2 is 1.91 bits per heavy atom. The van der Waals surface area contributed by atoms with Crippen LogP contribution in [0.4, 0.5) is 5.69 Å². The molecule has 2 saturated heterocycles. The number of halogens is 1. The van der Waals surface area contributed by atoms with E-state index in [-0.39, 0.29) is 24.1 Å². The monoisotopic (exact) mass is 633 g/mol. The first-order chi connectivity index (χ1) is 21.7. The van der Waals surface area contributed by atoms with E-state index in [0.717, 1.165) is 39.9 Å². The number of carbonyl (C=O) groups is 2. The van der Waals surface area contributed by atoms with E-state index < -0.39 is 17.9 Å². The summed E-state index contributed by atoms with van der Waals surface area (Å²) < 4.78 is 16.5. The molecule has 12 heteroatoms. The zero-order valence-electron chi connectivity index (χ0n) is 25.5. The lowest BCUT2D eigenvalue weighted by Crippen LogP contribution is -2.46. The van der Waals surface area contributed by atoms with Crippen molar-refractivity contribution in [1.82, 2.24) is 20.1 Å². The molecule has 11 nitrogen and oxygen atoms in total. The number of nitrogens with zero attached hydrogens (tertiary/aromatic N) is 3. The number of fused-ring (bicyclic) bond motifs is 1. The highest BCUT2D eigenvalue weighted by atomic mass is 35.5. The maximum absolute atomic E-state index is 13.3. The molecule has 236 valence electrons. The molecule has 3 N–H and O–H groups in total. The van der Waals surface area contributed by atoms with Gasteiger partial charge in [0.05, 0.1) is 30.5 Å². The molecule has 3 aromatic rings. The molecule has 2 fully saturated rings. The van der Waals surface area contributed by atoms with E-state index in [1.54, 1.807) is 38.4 Å². The number of methoxy groups -OCH3 is 1. The van der Waals surface area contributed by atoms with Crippen molar-refractivity contribution >= 4 is 29.1 Å². The molecule has 45 heavy (non-hydrogen) atoms. The van der Waals surface area contributed by atoms with Crippen LogP contribution in [0.25, 0.3) is 22.3 Å². The van der Waals surface area contributed by atoms with Crippen molar-refractivity contribution in [3.05, 3.63) is 76.7 Å². The number of aliphatic hydroxyl groups excluding tert-OH is 1. The van der Waals surface area contributed by atoms with Gasteiger partial charge in [-0.25, -0.2) is 0 Å². The van der Waals surface area contributed by atoms with Crippen molar-refractivity contribution in [2.24, 2.45) is 0 Å². The number of carbonyl (C=O) groups excluding carboxylic acids is 2. The van der Waals surface area contributed by atoms with Gasteiger partial charge < -0.3 is 39.8 Å². The van der Waals surface area contributed by atoms with Crippen LogP contribution in [-0.4, -0.2) is 90.7 Å². The summed E-state index contributed by atoms with van der Waals surface area (Å²) in [6.45, 7) is 3.25. The fourth-order valence-electron chi connectivity index (χ4n) is 5.80. The Morgan fingerprint density at radius 3 is 2.69 bits per heavy atom. The number of aliphatic hydroxyl groups is 1. The third-order valence-corrected chi connectivity index (χ3v) is 8.95. The van der Waals surface area contributed by atoms with Crippen LogP contribution in [-0.2, 0) is 25.6 Å². The lowest BCUT2D eigenvalue weighted by Gasteiger charge is -2.28. The van der Waals surface area contributed by atoms with Gasteiger partial charge in [0.25, 0.3) is 11.8 Å².